The molecule has 4 rings (SSSR count). The highest BCUT2D eigenvalue weighted by molar-refractivity contribution is 7.12. The van der Waals surface area contributed by atoms with E-state index in [1.54, 1.807) is 35.2 Å². The molecule has 3 aromatic rings. The van der Waals surface area contributed by atoms with Crippen molar-refractivity contribution in [3.63, 3.8) is 0 Å². The van der Waals surface area contributed by atoms with Gasteiger partial charge in [0, 0.05) is 36.4 Å². The molecule has 0 radical (unpaired) electrons. The van der Waals surface area contributed by atoms with E-state index >= 15 is 0 Å². The molecule has 2 aromatic carbocycles. The zero-order chi connectivity index (χ0) is 21.6. The van der Waals surface area contributed by atoms with E-state index in [0.717, 1.165) is 12.1 Å². The Kier molecular flexibility index (Phi) is 6.43. The van der Waals surface area contributed by atoms with Crippen molar-refractivity contribution in [1.29, 1.82) is 0 Å². The quantitative estimate of drug-likeness (QED) is 0.551. The van der Waals surface area contributed by atoms with Crippen LogP contribution < -0.4 is 15.5 Å². The maximum absolute atomic E-state index is 12.9. The molecule has 0 bridgehead atoms. The van der Waals surface area contributed by atoms with Crippen LogP contribution in [0.25, 0.3) is 0 Å². The predicted molar refractivity (Wildman–Crippen MR) is 123 cm³/mol. The summed E-state index contributed by atoms with van der Waals surface area (Å²) in [4.78, 5) is 39.3. The summed E-state index contributed by atoms with van der Waals surface area (Å²) < 4.78 is 0. The molecular weight excluding hydrogens is 410 g/mol. The number of fused-ring (bicyclic) bond motifs is 1. The average Bonchev–Trinajstić information content (AvgIpc) is 3.47. The third kappa shape index (κ3) is 5.00. The van der Waals surface area contributed by atoms with Crippen molar-refractivity contribution >= 4 is 40.4 Å². The second-order valence-corrected chi connectivity index (χ2v) is 8.25. The van der Waals surface area contributed by atoms with Crippen molar-refractivity contribution in [2.45, 2.75) is 19.3 Å². The molecule has 0 spiro atoms. The van der Waals surface area contributed by atoms with Gasteiger partial charge in [0.15, 0.2) is 0 Å². The smallest absolute Gasteiger partial charge is 0.261 e. The van der Waals surface area contributed by atoms with Gasteiger partial charge >= 0.3 is 0 Å². The lowest BCUT2D eigenvalue weighted by atomic mass is 10.1. The Morgan fingerprint density at radius 3 is 2.55 bits per heavy atom. The predicted octanol–water partition coefficient (Wildman–Crippen LogP) is 4.10. The van der Waals surface area contributed by atoms with Crippen LogP contribution in [0.3, 0.4) is 0 Å². The standard InChI is InChI=1S/C24H23N3O3S/c28-22(8-3-14-25-23(29)21-7-4-16-31-21)26-19-11-9-18(10-12-19)24(30)27-15-13-17-5-1-2-6-20(17)27/h1-2,4-7,9-12,16H,3,8,13-15H2,(H,25,29)(H,26,28). The first-order valence-electron chi connectivity index (χ1n) is 10.2. The molecule has 0 atom stereocenters. The lowest BCUT2D eigenvalue weighted by molar-refractivity contribution is -0.116. The summed E-state index contributed by atoms with van der Waals surface area (Å²) in [6.45, 7) is 1.12. The normalized spacial score (nSPS) is 12.3. The van der Waals surface area contributed by atoms with Crippen LogP contribution in [0.2, 0.25) is 0 Å². The summed E-state index contributed by atoms with van der Waals surface area (Å²) in [6, 6.07) is 18.5. The number of nitrogens with zero attached hydrogens (tertiary/aromatic N) is 1. The van der Waals surface area contributed by atoms with Gasteiger partial charge in [0.25, 0.3) is 11.8 Å². The maximum Gasteiger partial charge on any atom is 0.261 e. The summed E-state index contributed by atoms with van der Waals surface area (Å²) in [6.07, 6.45) is 1.72. The van der Waals surface area contributed by atoms with Crippen LogP contribution >= 0.6 is 11.3 Å². The SMILES string of the molecule is O=C(CCCNC(=O)c1cccs1)Nc1ccc(C(=O)N2CCc3ccccc32)cc1. The molecule has 31 heavy (non-hydrogen) atoms. The van der Waals surface area contributed by atoms with Crippen LogP contribution in [0.1, 0.15) is 38.4 Å². The first-order chi connectivity index (χ1) is 15.1. The van der Waals surface area contributed by atoms with Gasteiger partial charge in [0.2, 0.25) is 5.91 Å². The van der Waals surface area contributed by atoms with Crippen LogP contribution in [0.5, 0.6) is 0 Å². The number of nitrogens with one attached hydrogen (secondary N) is 2. The molecule has 1 aromatic heterocycles. The van der Waals surface area contributed by atoms with Crippen LogP contribution in [-0.4, -0.2) is 30.8 Å². The van der Waals surface area contributed by atoms with Crippen molar-refractivity contribution in [2.75, 3.05) is 23.3 Å². The number of para-hydroxylation sites is 1. The number of anilines is 2. The Morgan fingerprint density at radius 1 is 0.968 bits per heavy atom. The minimum Gasteiger partial charge on any atom is -0.351 e. The monoisotopic (exact) mass is 433 g/mol. The number of thiophene rings is 1. The highest BCUT2D eigenvalue weighted by atomic mass is 32.1. The highest BCUT2D eigenvalue weighted by Crippen LogP contribution is 2.29. The molecule has 0 aliphatic carbocycles. The van der Waals surface area contributed by atoms with Gasteiger partial charge in [-0.05, 0) is 60.2 Å². The maximum atomic E-state index is 12.9. The zero-order valence-electron chi connectivity index (χ0n) is 17.0. The molecule has 2 N–H and O–H groups in total. The van der Waals surface area contributed by atoms with Gasteiger partial charge in [-0.1, -0.05) is 24.3 Å². The minimum absolute atomic E-state index is 0.0377. The first-order valence-corrected chi connectivity index (χ1v) is 11.1. The largest absolute Gasteiger partial charge is 0.351 e. The van der Waals surface area contributed by atoms with E-state index in [9.17, 15) is 14.4 Å². The molecule has 1 aliphatic heterocycles. The van der Waals surface area contributed by atoms with Gasteiger partial charge in [-0.2, -0.15) is 0 Å². The van der Waals surface area contributed by atoms with Crippen LogP contribution in [0.4, 0.5) is 11.4 Å². The number of carbonyl (C=O) groups is 3. The Bertz CT molecular complexity index is 1080. The van der Waals surface area contributed by atoms with Gasteiger partial charge < -0.3 is 15.5 Å². The van der Waals surface area contributed by atoms with Gasteiger partial charge in [0.05, 0.1) is 4.88 Å². The van der Waals surface area contributed by atoms with Crippen molar-refractivity contribution in [3.05, 3.63) is 82.0 Å². The number of hydrogen-bond donors (Lipinski definition) is 2. The zero-order valence-corrected chi connectivity index (χ0v) is 17.8. The Balaban J connectivity index is 1.24. The lowest BCUT2D eigenvalue weighted by Crippen LogP contribution is -2.28. The summed E-state index contributed by atoms with van der Waals surface area (Å²) in [5.41, 5.74) is 3.39. The fourth-order valence-electron chi connectivity index (χ4n) is 3.57. The van der Waals surface area contributed by atoms with Gasteiger partial charge in [0.1, 0.15) is 0 Å². The molecule has 158 valence electrons. The Morgan fingerprint density at radius 2 is 1.77 bits per heavy atom. The summed E-state index contributed by atoms with van der Waals surface area (Å²) in [7, 11) is 0. The third-order valence-corrected chi connectivity index (χ3v) is 6.03. The number of amides is 3. The topological polar surface area (TPSA) is 78.5 Å². The van der Waals surface area contributed by atoms with Gasteiger partial charge in [-0.25, -0.2) is 0 Å². The average molecular weight is 434 g/mol. The Hall–Kier alpha value is -3.45. The van der Waals surface area contributed by atoms with Gasteiger partial charge in [-0.15, -0.1) is 11.3 Å². The van der Waals surface area contributed by atoms with E-state index in [1.807, 2.05) is 29.6 Å². The lowest BCUT2D eigenvalue weighted by Gasteiger charge is -2.17. The molecular formula is C24H23N3O3S. The Labute approximate surface area is 184 Å². The summed E-state index contributed by atoms with van der Waals surface area (Å²) in [5.74, 6) is -0.279. The van der Waals surface area contributed by atoms with Gasteiger partial charge in [-0.3, -0.25) is 14.4 Å². The second kappa shape index (κ2) is 9.57. The molecule has 7 heteroatoms. The molecule has 0 saturated heterocycles. The fraction of sp³-hybridized carbons (Fsp3) is 0.208. The van der Waals surface area contributed by atoms with Crippen molar-refractivity contribution in [2.24, 2.45) is 0 Å². The second-order valence-electron chi connectivity index (χ2n) is 7.30. The molecule has 0 unspecified atom stereocenters. The van der Waals surface area contributed by atoms with Crippen LogP contribution in [0.15, 0.2) is 66.0 Å². The number of benzene rings is 2. The molecule has 0 fully saturated rings. The molecule has 6 nitrogen and oxygen atoms in total. The van der Waals surface area contributed by atoms with Crippen LogP contribution in [0, 0.1) is 0 Å². The molecule has 2 heterocycles. The van der Waals surface area contributed by atoms with E-state index in [2.05, 4.69) is 16.7 Å². The van der Waals surface area contributed by atoms with E-state index in [-0.39, 0.29) is 17.7 Å². The van der Waals surface area contributed by atoms with Crippen LogP contribution in [-0.2, 0) is 11.2 Å². The van der Waals surface area contributed by atoms with Crippen molar-refractivity contribution in [1.82, 2.24) is 5.32 Å². The molecule has 3 amide bonds. The minimum atomic E-state index is -0.127. The van der Waals surface area contributed by atoms with Crippen molar-refractivity contribution in [3.8, 4) is 0 Å². The molecule has 1 aliphatic rings. The number of rotatable bonds is 7. The summed E-state index contributed by atoms with van der Waals surface area (Å²) >= 11 is 1.39. The first kappa shape index (κ1) is 20.8. The van der Waals surface area contributed by atoms with E-state index in [1.165, 1.54) is 16.9 Å². The van der Waals surface area contributed by atoms with E-state index in [4.69, 9.17) is 0 Å². The van der Waals surface area contributed by atoms with E-state index in [0.29, 0.717) is 42.1 Å². The third-order valence-electron chi connectivity index (χ3n) is 5.16. The summed E-state index contributed by atoms with van der Waals surface area (Å²) in [5, 5.41) is 7.49. The fourth-order valence-corrected chi connectivity index (χ4v) is 4.21. The number of hydrogen-bond acceptors (Lipinski definition) is 4. The van der Waals surface area contributed by atoms with E-state index < -0.39 is 0 Å². The van der Waals surface area contributed by atoms with Crippen molar-refractivity contribution < 1.29 is 14.4 Å². The number of carbonyl (C=O) groups excluding carboxylic acids is 3. The molecule has 0 saturated carbocycles. The highest BCUT2D eigenvalue weighted by Gasteiger charge is 2.24.